The molecular weight excluding hydrogens is 332 g/mol. The number of methoxy groups -OCH3 is 2. The lowest BCUT2D eigenvalue weighted by atomic mass is 10.00. The Labute approximate surface area is 135 Å². The van der Waals surface area contributed by atoms with Gasteiger partial charge in [-0.05, 0) is 44.4 Å². The molecule has 2 rings (SSSR count). The van der Waals surface area contributed by atoms with Crippen LogP contribution in [0.15, 0.2) is 16.6 Å². The molecular formula is C16H25BrN2O2. The molecule has 5 heteroatoms. The Morgan fingerprint density at radius 3 is 2.29 bits per heavy atom. The fraction of sp³-hybridized carbons (Fsp3) is 0.625. The molecule has 1 saturated heterocycles. The quantitative estimate of drug-likeness (QED) is 0.871. The molecule has 0 aromatic heterocycles. The van der Waals surface area contributed by atoms with Gasteiger partial charge in [0.15, 0.2) is 11.5 Å². The zero-order valence-corrected chi connectivity index (χ0v) is 14.9. The summed E-state index contributed by atoms with van der Waals surface area (Å²) in [5.74, 6) is 1.50. The highest BCUT2D eigenvalue weighted by atomic mass is 79.9. The lowest BCUT2D eigenvalue weighted by Gasteiger charge is -2.39. The van der Waals surface area contributed by atoms with Crippen LogP contribution in [0.5, 0.6) is 11.5 Å². The van der Waals surface area contributed by atoms with Gasteiger partial charge in [0.05, 0.1) is 14.2 Å². The number of nitrogens with one attached hydrogen (secondary N) is 1. The molecule has 118 valence electrons. The first-order valence-corrected chi connectivity index (χ1v) is 8.28. The molecule has 0 saturated carbocycles. The second-order valence-corrected chi connectivity index (χ2v) is 6.52. The van der Waals surface area contributed by atoms with Gasteiger partial charge in [0.1, 0.15) is 0 Å². The molecule has 0 radical (unpaired) electrons. The molecule has 2 atom stereocenters. The summed E-state index contributed by atoms with van der Waals surface area (Å²) in [6.07, 6.45) is 3.83. The van der Waals surface area contributed by atoms with Gasteiger partial charge in [0, 0.05) is 23.1 Å². The average molecular weight is 357 g/mol. The first-order valence-electron chi connectivity index (χ1n) is 7.49. The van der Waals surface area contributed by atoms with E-state index in [1.165, 1.54) is 19.3 Å². The number of piperidine rings is 1. The molecule has 0 spiro atoms. The summed E-state index contributed by atoms with van der Waals surface area (Å²) >= 11 is 3.61. The van der Waals surface area contributed by atoms with E-state index < -0.39 is 0 Å². The van der Waals surface area contributed by atoms with Crippen molar-refractivity contribution < 1.29 is 9.47 Å². The van der Waals surface area contributed by atoms with Crippen LogP contribution in [-0.4, -0.2) is 31.3 Å². The molecule has 1 aliphatic heterocycles. The Bertz CT molecular complexity index is 472. The first-order chi connectivity index (χ1) is 10.1. The number of nitrogens with zero attached hydrogens (tertiary/aromatic N) is 1. The Kier molecular flexibility index (Phi) is 5.90. The Morgan fingerprint density at radius 2 is 1.71 bits per heavy atom. The van der Waals surface area contributed by atoms with Crippen LogP contribution >= 0.6 is 15.9 Å². The van der Waals surface area contributed by atoms with Crippen LogP contribution in [0.2, 0.25) is 0 Å². The third-order valence-corrected chi connectivity index (χ3v) is 4.94. The highest BCUT2D eigenvalue weighted by Crippen LogP contribution is 2.33. The number of hydrazine groups is 1. The van der Waals surface area contributed by atoms with Gasteiger partial charge >= 0.3 is 0 Å². The van der Waals surface area contributed by atoms with E-state index in [0.29, 0.717) is 12.1 Å². The molecule has 1 aliphatic rings. The van der Waals surface area contributed by atoms with Gasteiger partial charge in [-0.25, -0.2) is 5.01 Å². The van der Waals surface area contributed by atoms with E-state index in [1.807, 2.05) is 12.1 Å². The van der Waals surface area contributed by atoms with Gasteiger partial charge in [0.25, 0.3) is 0 Å². The summed E-state index contributed by atoms with van der Waals surface area (Å²) in [6, 6.07) is 5.13. The topological polar surface area (TPSA) is 33.7 Å². The molecule has 1 aromatic carbocycles. The van der Waals surface area contributed by atoms with Crippen molar-refractivity contribution in [3.63, 3.8) is 0 Å². The van der Waals surface area contributed by atoms with Gasteiger partial charge in [-0.2, -0.15) is 0 Å². The van der Waals surface area contributed by atoms with E-state index >= 15 is 0 Å². The molecule has 1 aromatic rings. The second-order valence-electron chi connectivity index (χ2n) is 5.67. The third-order valence-electron chi connectivity index (χ3n) is 4.20. The average Bonchev–Trinajstić information content (AvgIpc) is 2.47. The van der Waals surface area contributed by atoms with Gasteiger partial charge in [-0.15, -0.1) is 0 Å². The first kappa shape index (κ1) is 16.6. The molecule has 1 N–H and O–H groups in total. The normalized spacial score (nSPS) is 23.1. The number of hydrogen-bond acceptors (Lipinski definition) is 4. The highest BCUT2D eigenvalue weighted by molar-refractivity contribution is 9.10. The van der Waals surface area contributed by atoms with Gasteiger partial charge in [-0.3, -0.25) is 5.43 Å². The van der Waals surface area contributed by atoms with E-state index in [1.54, 1.807) is 14.2 Å². The summed E-state index contributed by atoms with van der Waals surface area (Å²) in [7, 11) is 3.32. The number of benzene rings is 1. The number of ether oxygens (including phenoxy) is 2. The van der Waals surface area contributed by atoms with E-state index in [0.717, 1.165) is 28.1 Å². The monoisotopic (exact) mass is 356 g/mol. The molecule has 1 fully saturated rings. The Morgan fingerprint density at radius 1 is 1.14 bits per heavy atom. The number of hydrogen-bond donors (Lipinski definition) is 1. The summed E-state index contributed by atoms with van der Waals surface area (Å²) in [6.45, 7) is 5.34. The minimum Gasteiger partial charge on any atom is -0.493 e. The summed E-state index contributed by atoms with van der Waals surface area (Å²) in [4.78, 5) is 0. The van der Waals surface area contributed by atoms with E-state index in [9.17, 15) is 0 Å². The van der Waals surface area contributed by atoms with Crippen LogP contribution in [0.3, 0.4) is 0 Å². The minimum atomic E-state index is 0.577. The highest BCUT2D eigenvalue weighted by Gasteiger charge is 2.24. The van der Waals surface area contributed by atoms with Crippen molar-refractivity contribution in [2.75, 3.05) is 14.2 Å². The van der Waals surface area contributed by atoms with Crippen molar-refractivity contribution in [1.29, 1.82) is 0 Å². The third kappa shape index (κ3) is 3.90. The fourth-order valence-corrected chi connectivity index (χ4v) is 3.40. The van der Waals surface area contributed by atoms with Crippen molar-refractivity contribution >= 4 is 15.9 Å². The van der Waals surface area contributed by atoms with Gasteiger partial charge < -0.3 is 9.47 Å². The Hall–Kier alpha value is -0.780. The van der Waals surface area contributed by atoms with Crippen LogP contribution < -0.4 is 14.9 Å². The molecule has 21 heavy (non-hydrogen) atoms. The molecule has 0 aliphatic carbocycles. The second kappa shape index (κ2) is 7.47. The number of rotatable bonds is 5. The molecule has 0 bridgehead atoms. The van der Waals surface area contributed by atoms with Crippen molar-refractivity contribution in [3.05, 3.63) is 22.2 Å². The Balaban J connectivity index is 2.09. The van der Waals surface area contributed by atoms with Crippen LogP contribution in [0.4, 0.5) is 0 Å². The lowest BCUT2D eigenvalue weighted by Crippen LogP contribution is -2.51. The minimum absolute atomic E-state index is 0.577. The smallest absolute Gasteiger partial charge is 0.161 e. The van der Waals surface area contributed by atoms with Crippen molar-refractivity contribution in [3.8, 4) is 11.5 Å². The van der Waals surface area contributed by atoms with Crippen molar-refractivity contribution in [2.24, 2.45) is 0 Å². The zero-order valence-electron chi connectivity index (χ0n) is 13.3. The van der Waals surface area contributed by atoms with Gasteiger partial charge in [0.2, 0.25) is 0 Å². The molecule has 2 unspecified atom stereocenters. The largest absolute Gasteiger partial charge is 0.493 e. The van der Waals surface area contributed by atoms with Gasteiger partial charge in [-0.1, -0.05) is 22.4 Å². The van der Waals surface area contributed by atoms with E-state index in [2.05, 4.69) is 40.2 Å². The maximum Gasteiger partial charge on any atom is 0.161 e. The van der Waals surface area contributed by atoms with Crippen molar-refractivity contribution in [2.45, 2.75) is 51.7 Å². The van der Waals surface area contributed by atoms with Crippen LogP contribution in [0, 0.1) is 0 Å². The predicted octanol–water partition coefficient (Wildman–Crippen LogP) is 3.73. The summed E-state index contributed by atoms with van der Waals surface area (Å²) < 4.78 is 11.7. The van der Waals surface area contributed by atoms with Crippen LogP contribution in [0.25, 0.3) is 0 Å². The SMILES string of the molecule is COc1cc(Br)c(CNN2C(C)CCCC2C)cc1OC. The van der Waals surface area contributed by atoms with Crippen LogP contribution in [0.1, 0.15) is 38.7 Å². The molecule has 4 nitrogen and oxygen atoms in total. The maximum absolute atomic E-state index is 5.38. The van der Waals surface area contributed by atoms with E-state index in [-0.39, 0.29) is 0 Å². The molecule has 0 amide bonds. The lowest BCUT2D eigenvalue weighted by molar-refractivity contribution is 0.0434. The van der Waals surface area contributed by atoms with Crippen LogP contribution in [-0.2, 0) is 6.54 Å². The number of halogens is 1. The maximum atomic E-state index is 5.38. The van der Waals surface area contributed by atoms with Crippen molar-refractivity contribution in [1.82, 2.24) is 10.4 Å². The zero-order chi connectivity index (χ0) is 15.4. The fourth-order valence-electron chi connectivity index (χ4n) is 2.94. The summed E-state index contributed by atoms with van der Waals surface area (Å²) in [5.41, 5.74) is 4.74. The van der Waals surface area contributed by atoms with E-state index in [4.69, 9.17) is 9.47 Å². The predicted molar refractivity (Wildman–Crippen MR) is 88.7 cm³/mol. The summed E-state index contributed by atoms with van der Waals surface area (Å²) in [5, 5.41) is 2.38. The molecule has 1 heterocycles. The standard InChI is InChI=1S/C16H25BrN2O2/c1-11-6-5-7-12(2)19(11)18-10-13-8-15(20-3)16(21-4)9-14(13)17/h8-9,11-12,18H,5-7,10H2,1-4H3.